The second kappa shape index (κ2) is 10.4. The Morgan fingerprint density at radius 1 is 1.26 bits per heavy atom. The van der Waals surface area contributed by atoms with Gasteiger partial charge in [-0.2, -0.15) is 4.98 Å². The number of benzene rings is 1. The van der Waals surface area contributed by atoms with E-state index in [0.717, 1.165) is 18.1 Å². The first-order chi connectivity index (χ1) is 13.1. The highest BCUT2D eigenvalue weighted by Gasteiger charge is 2.10. The van der Waals surface area contributed by atoms with Gasteiger partial charge in [-0.3, -0.25) is 4.99 Å². The Morgan fingerprint density at radius 3 is 2.70 bits per heavy atom. The summed E-state index contributed by atoms with van der Waals surface area (Å²) in [5, 5.41) is 10.5. The van der Waals surface area contributed by atoms with Crippen LogP contribution in [0.5, 0.6) is 11.5 Å². The van der Waals surface area contributed by atoms with Crippen LogP contribution in [-0.4, -0.2) is 42.9 Å². The number of nitrogens with one attached hydrogen (secondary N) is 2. The van der Waals surface area contributed by atoms with E-state index in [-0.39, 0.29) is 5.92 Å². The van der Waals surface area contributed by atoms with Crippen LogP contribution >= 0.6 is 0 Å². The third-order valence-electron chi connectivity index (χ3n) is 3.67. The van der Waals surface area contributed by atoms with Crippen LogP contribution in [0.15, 0.2) is 27.7 Å². The van der Waals surface area contributed by atoms with Crippen LogP contribution in [0.1, 0.15) is 45.3 Å². The Labute approximate surface area is 160 Å². The van der Waals surface area contributed by atoms with Crippen LogP contribution in [0.2, 0.25) is 0 Å². The summed E-state index contributed by atoms with van der Waals surface area (Å²) in [4.78, 5) is 8.94. The van der Waals surface area contributed by atoms with Crippen molar-refractivity contribution in [3.8, 4) is 11.5 Å². The fourth-order valence-electron chi connectivity index (χ4n) is 2.33. The number of anilines is 1. The predicted octanol–water partition coefficient (Wildman–Crippen LogP) is 3.22. The number of methoxy groups -OCH3 is 1. The third-order valence-corrected chi connectivity index (χ3v) is 3.67. The number of ether oxygens (including phenoxy) is 2. The molecule has 2 aromatic rings. The predicted molar refractivity (Wildman–Crippen MR) is 106 cm³/mol. The topological polar surface area (TPSA) is 93.8 Å². The largest absolute Gasteiger partial charge is 0.493 e. The van der Waals surface area contributed by atoms with E-state index >= 15 is 0 Å². The summed E-state index contributed by atoms with van der Waals surface area (Å²) in [7, 11) is 1.62. The molecule has 8 nitrogen and oxygen atoms in total. The third kappa shape index (κ3) is 6.16. The average molecular weight is 375 g/mol. The summed E-state index contributed by atoms with van der Waals surface area (Å²) in [5.74, 6) is 3.63. The Kier molecular flexibility index (Phi) is 7.91. The molecule has 148 valence electrons. The van der Waals surface area contributed by atoms with Gasteiger partial charge in [0.2, 0.25) is 5.89 Å². The summed E-state index contributed by atoms with van der Waals surface area (Å²) in [5.41, 5.74) is 0.856. The molecular formula is C19H29N5O3. The lowest BCUT2D eigenvalue weighted by atomic mass is 10.2. The standard InChI is InChI=1S/C19H29N5O3/c1-6-20-19(21-11-10-17-23-18(13(3)4)24-27-17)22-14-8-9-15(26-7-2)16(12-14)25-5/h8-9,12-13H,6-7,10-11H2,1-5H3,(H2,20,21,22). The first kappa shape index (κ1) is 20.5. The molecule has 1 heterocycles. The minimum atomic E-state index is 0.250. The molecular weight excluding hydrogens is 346 g/mol. The summed E-state index contributed by atoms with van der Waals surface area (Å²) in [6.45, 7) is 9.89. The molecule has 0 bridgehead atoms. The van der Waals surface area contributed by atoms with Crippen molar-refractivity contribution in [1.29, 1.82) is 0 Å². The van der Waals surface area contributed by atoms with Gasteiger partial charge < -0.3 is 24.6 Å². The molecule has 0 aliphatic heterocycles. The van der Waals surface area contributed by atoms with E-state index in [9.17, 15) is 0 Å². The summed E-state index contributed by atoms with van der Waals surface area (Å²) >= 11 is 0. The monoisotopic (exact) mass is 375 g/mol. The molecule has 1 aromatic carbocycles. The fourth-order valence-corrected chi connectivity index (χ4v) is 2.33. The van der Waals surface area contributed by atoms with E-state index in [1.165, 1.54) is 0 Å². The molecule has 2 N–H and O–H groups in total. The minimum absolute atomic E-state index is 0.250. The molecule has 0 aliphatic rings. The van der Waals surface area contributed by atoms with Crippen molar-refractivity contribution in [2.24, 2.45) is 4.99 Å². The van der Waals surface area contributed by atoms with E-state index in [0.29, 0.717) is 42.9 Å². The van der Waals surface area contributed by atoms with Gasteiger partial charge in [-0.05, 0) is 26.0 Å². The molecule has 2 rings (SSSR count). The first-order valence-electron chi connectivity index (χ1n) is 9.26. The molecule has 0 spiro atoms. The lowest BCUT2D eigenvalue weighted by molar-refractivity contribution is 0.311. The molecule has 8 heteroatoms. The number of aliphatic imine (C=N–C) groups is 1. The quantitative estimate of drug-likeness (QED) is 0.513. The van der Waals surface area contributed by atoms with Gasteiger partial charge in [0.15, 0.2) is 23.3 Å². The Morgan fingerprint density at radius 2 is 2.07 bits per heavy atom. The van der Waals surface area contributed by atoms with Crippen LogP contribution < -0.4 is 20.1 Å². The number of hydrogen-bond donors (Lipinski definition) is 2. The molecule has 0 fully saturated rings. The number of hydrogen-bond acceptors (Lipinski definition) is 6. The van der Waals surface area contributed by atoms with Gasteiger partial charge in [-0.25, -0.2) is 0 Å². The normalized spacial score (nSPS) is 11.6. The zero-order valence-electron chi connectivity index (χ0n) is 16.7. The zero-order valence-corrected chi connectivity index (χ0v) is 16.7. The second-order valence-corrected chi connectivity index (χ2v) is 6.14. The Bertz CT molecular complexity index is 743. The lowest BCUT2D eigenvalue weighted by Gasteiger charge is -2.14. The van der Waals surface area contributed by atoms with Gasteiger partial charge in [0, 0.05) is 30.6 Å². The SMILES string of the molecule is CCNC(=NCCc1nc(C(C)C)no1)Nc1ccc(OCC)c(OC)c1. The van der Waals surface area contributed by atoms with Crippen LogP contribution in [0, 0.1) is 0 Å². The lowest BCUT2D eigenvalue weighted by Crippen LogP contribution is -2.30. The van der Waals surface area contributed by atoms with Gasteiger partial charge in [0.05, 0.1) is 20.3 Å². The fraction of sp³-hybridized carbons (Fsp3) is 0.526. The average Bonchev–Trinajstić information content (AvgIpc) is 3.12. The van der Waals surface area contributed by atoms with Crippen molar-refractivity contribution < 1.29 is 14.0 Å². The summed E-state index contributed by atoms with van der Waals surface area (Å²) in [6.07, 6.45) is 0.586. The maximum absolute atomic E-state index is 5.55. The molecule has 0 saturated carbocycles. The number of aromatic nitrogens is 2. The van der Waals surface area contributed by atoms with Crippen molar-refractivity contribution in [2.45, 2.75) is 40.0 Å². The second-order valence-electron chi connectivity index (χ2n) is 6.14. The Balaban J connectivity index is 2.02. The van der Waals surface area contributed by atoms with Crippen molar-refractivity contribution in [1.82, 2.24) is 15.5 Å². The van der Waals surface area contributed by atoms with Gasteiger partial charge in [-0.15, -0.1) is 0 Å². The first-order valence-corrected chi connectivity index (χ1v) is 9.26. The van der Waals surface area contributed by atoms with E-state index in [2.05, 4.69) is 25.8 Å². The van der Waals surface area contributed by atoms with Crippen molar-refractivity contribution in [2.75, 3.05) is 32.1 Å². The van der Waals surface area contributed by atoms with E-state index in [4.69, 9.17) is 14.0 Å². The molecule has 0 radical (unpaired) electrons. The zero-order chi connectivity index (χ0) is 19.6. The molecule has 0 saturated heterocycles. The van der Waals surface area contributed by atoms with Crippen LogP contribution in [-0.2, 0) is 6.42 Å². The summed E-state index contributed by atoms with van der Waals surface area (Å²) < 4.78 is 16.2. The number of guanidine groups is 1. The van der Waals surface area contributed by atoms with Crippen molar-refractivity contribution >= 4 is 11.6 Å². The maximum atomic E-state index is 5.55. The minimum Gasteiger partial charge on any atom is -0.493 e. The number of rotatable bonds is 9. The highest BCUT2D eigenvalue weighted by Crippen LogP contribution is 2.30. The van der Waals surface area contributed by atoms with E-state index in [1.54, 1.807) is 7.11 Å². The number of nitrogens with zero attached hydrogens (tertiary/aromatic N) is 3. The smallest absolute Gasteiger partial charge is 0.228 e. The summed E-state index contributed by atoms with van der Waals surface area (Å²) in [6, 6.07) is 5.68. The highest BCUT2D eigenvalue weighted by molar-refractivity contribution is 5.93. The van der Waals surface area contributed by atoms with E-state index in [1.807, 2.05) is 45.9 Å². The van der Waals surface area contributed by atoms with Crippen LogP contribution in [0.3, 0.4) is 0 Å². The molecule has 0 aliphatic carbocycles. The molecule has 0 atom stereocenters. The molecule has 1 aromatic heterocycles. The highest BCUT2D eigenvalue weighted by atomic mass is 16.5. The Hall–Kier alpha value is -2.77. The van der Waals surface area contributed by atoms with Gasteiger partial charge in [0.1, 0.15) is 0 Å². The molecule has 27 heavy (non-hydrogen) atoms. The van der Waals surface area contributed by atoms with Crippen LogP contribution in [0.25, 0.3) is 0 Å². The van der Waals surface area contributed by atoms with Crippen molar-refractivity contribution in [3.05, 3.63) is 29.9 Å². The van der Waals surface area contributed by atoms with Gasteiger partial charge in [-0.1, -0.05) is 19.0 Å². The van der Waals surface area contributed by atoms with Gasteiger partial charge >= 0.3 is 0 Å². The van der Waals surface area contributed by atoms with Crippen LogP contribution in [0.4, 0.5) is 5.69 Å². The van der Waals surface area contributed by atoms with Crippen molar-refractivity contribution in [3.63, 3.8) is 0 Å². The van der Waals surface area contributed by atoms with Gasteiger partial charge in [0.25, 0.3) is 0 Å². The molecule has 0 unspecified atom stereocenters. The maximum Gasteiger partial charge on any atom is 0.228 e. The van der Waals surface area contributed by atoms with E-state index < -0.39 is 0 Å². The molecule has 0 amide bonds.